The van der Waals surface area contributed by atoms with Crippen LogP contribution in [-0.4, -0.2) is 56.2 Å². The highest BCUT2D eigenvalue weighted by Gasteiger charge is 2.50. The van der Waals surface area contributed by atoms with Crippen LogP contribution in [0.2, 0.25) is 0 Å². The van der Waals surface area contributed by atoms with Gasteiger partial charge >= 0.3 is 0 Å². The first-order valence-corrected chi connectivity index (χ1v) is 7.17. The maximum Gasteiger partial charge on any atom is 0.239 e. The van der Waals surface area contributed by atoms with E-state index in [4.69, 9.17) is 10.5 Å². The van der Waals surface area contributed by atoms with Crippen molar-refractivity contribution in [3.8, 4) is 0 Å². The summed E-state index contributed by atoms with van der Waals surface area (Å²) in [6.07, 6.45) is 3.15. The zero-order chi connectivity index (χ0) is 14.5. The number of hydrogen-bond acceptors (Lipinski definition) is 4. The van der Waals surface area contributed by atoms with Crippen LogP contribution < -0.4 is 11.1 Å². The molecule has 19 heavy (non-hydrogen) atoms. The van der Waals surface area contributed by atoms with Gasteiger partial charge in [-0.3, -0.25) is 10.1 Å². The third-order valence-electron chi connectivity index (χ3n) is 3.67. The smallest absolute Gasteiger partial charge is 0.239 e. The molecule has 0 saturated heterocycles. The van der Waals surface area contributed by atoms with Gasteiger partial charge in [-0.2, -0.15) is 0 Å². The standard InChI is InChI=1S/C14H29N3O2/c1-11(2)16-14(13(15)18,12-6-7-12)10-17(3)8-5-9-19-4/h11-12,16H,5-10H2,1-4H3,(H2,15,18). The first kappa shape index (κ1) is 16.4. The Morgan fingerprint density at radius 3 is 2.58 bits per heavy atom. The molecule has 0 spiro atoms. The van der Waals surface area contributed by atoms with Crippen LogP contribution >= 0.6 is 0 Å². The summed E-state index contributed by atoms with van der Waals surface area (Å²) in [6.45, 7) is 6.45. The number of nitrogens with two attached hydrogens (primary N) is 1. The second-order valence-electron chi connectivity index (χ2n) is 5.99. The number of nitrogens with one attached hydrogen (secondary N) is 1. The zero-order valence-electron chi connectivity index (χ0n) is 12.7. The van der Waals surface area contributed by atoms with Crippen molar-refractivity contribution in [3.63, 3.8) is 0 Å². The fourth-order valence-corrected chi connectivity index (χ4v) is 2.72. The lowest BCUT2D eigenvalue weighted by Gasteiger charge is -2.37. The SMILES string of the molecule is COCCCN(C)CC(NC(C)C)(C(N)=O)C1CC1. The maximum atomic E-state index is 12.0. The number of carbonyl (C=O) groups excluding carboxylic acids is 1. The van der Waals surface area contributed by atoms with Crippen molar-refractivity contribution in [1.29, 1.82) is 0 Å². The number of likely N-dealkylation sites (N-methyl/N-ethyl adjacent to an activating group) is 1. The fourth-order valence-electron chi connectivity index (χ4n) is 2.72. The Labute approximate surface area is 116 Å². The number of ether oxygens (including phenoxy) is 1. The predicted octanol–water partition coefficient (Wildman–Crippen LogP) is 0.587. The number of hydrogen-bond donors (Lipinski definition) is 2. The van der Waals surface area contributed by atoms with Crippen LogP contribution in [0.1, 0.15) is 33.1 Å². The molecule has 1 unspecified atom stereocenters. The lowest BCUT2D eigenvalue weighted by Crippen LogP contribution is -2.64. The van der Waals surface area contributed by atoms with Crippen molar-refractivity contribution < 1.29 is 9.53 Å². The Morgan fingerprint density at radius 1 is 1.53 bits per heavy atom. The molecule has 1 fully saturated rings. The molecular formula is C14H29N3O2. The van der Waals surface area contributed by atoms with E-state index < -0.39 is 5.54 Å². The zero-order valence-corrected chi connectivity index (χ0v) is 12.7. The molecule has 5 heteroatoms. The summed E-state index contributed by atoms with van der Waals surface area (Å²) in [4.78, 5) is 14.2. The summed E-state index contributed by atoms with van der Waals surface area (Å²) < 4.78 is 5.06. The Bertz CT molecular complexity index is 292. The summed E-state index contributed by atoms with van der Waals surface area (Å²) in [5, 5.41) is 3.43. The average Bonchev–Trinajstić information content (AvgIpc) is 3.11. The van der Waals surface area contributed by atoms with Gasteiger partial charge in [0.05, 0.1) is 0 Å². The van der Waals surface area contributed by atoms with Gasteiger partial charge in [-0.05, 0) is 46.1 Å². The quantitative estimate of drug-likeness (QED) is 0.571. The molecule has 1 amide bonds. The minimum Gasteiger partial charge on any atom is -0.385 e. The van der Waals surface area contributed by atoms with Gasteiger partial charge in [-0.25, -0.2) is 0 Å². The van der Waals surface area contributed by atoms with Crippen molar-refractivity contribution in [3.05, 3.63) is 0 Å². The molecule has 5 nitrogen and oxygen atoms in total. The van der Waals surface area contributed by atoms with Gasteiger partial charge in [0.25, 0.3) is 0 Å². The summed E-state index contributed by atoms with van der Waals surface area (Å²) in [5.41, 5.74) is 5.14. The Morgan fingerprint density at radius 2 is 2.16 bits per heavy atom. The van der Waals surface area contributed by atoms with Crippen molar-refractivity contribution in [2.45, 2.75) is 44.7 Å². The Hall–Kier alpha value is -0.650. The minimum absolute atomic E-state index is 0.220. The van der Waals surface area contributed by atoms with Crippen LogP contribution in [0, 0.1) is 5.92 Å². The van der Waals surface area contributed by atoms with E-state index in [2.05, 4.69) is 24.1 Å². The molecule has 0 aromatic heterocycles. The third-order valence-corrected chi connectivity index (χ3v) is 3.67. The highest BCUT2D eigenvalue weighted by molar-refractivity contribution is 5.86. The number of rotatable bonds is 10. The molecule has 0 heterocycles. The molecule has 1 aliphatic carbocycles. The summed E-state index contributed by atoms with van der Waals surface area (Å²) in [6, 6.07) is 0.250. The van der Waals surface area contributed by atoms with Crippen LogP contribution in [0.3, 0.4) is 0 Å². The molecule has 1 aliphatic rings. The van der Waals surface area contributed by atoms with E-state index in [0.717, 1.165) is 32.4 Å². The van der Waals surface area contributed by atoms with E-state index in [-0.39, 0.29) is 11.9 Å². The number of nitrogens with zero attached hydrogens (tertiary/aromatic N) is 1. The minimum atomic E-state index is -0.573. The molecule has 1 atom stereocenters. The largest absolute Gasteiger partial charge is 0.385 e. The van der Waals surface area contributed by atoms with Gasteiger partial charge in [-0.1, -0.05) is 0 Å². The molecule has 112 valence electrons. The molecule has 0 radical (unpaired) electrons. The molecule has 0 aromatic carbocycles. The van der Waals surface area contributed by atoms with Crippen LogP contribution in [0.15, 0.2) is 0 Å². The van der Waals surface area contributed by atoms with E-state index >= 15 is 0 Å². The summed E-state index contributed by atoms with van der Waals surface area (Å²) in [5.74, 6) is 0.166. The van der Waals surface area contributed by atoms with E-state index in [1.165, 1.54) is 0 Å². The van der Waals surface area contributed by atoms with Gasteiger partial charge in [0.15, 0.2) is 0 Å². The van der Waals surface area contributed by atoms with Crippen LogP contribution in [0.4, 0.5) is 0 Å². The molecule has 3 N–H and O–H groups in total. The van der Waals surface area contributed by atoms with E-state index in [9.17, 15) is 4.79 Å². The van der Waals surface area contributed by atoms with Gasteiger partial charge in [0, 0.05) is 32.8 Å². The molecule has 0 aromatic rings. The number of methoxy groups -OCH3 is 1. The van der Waals surface area contributed by atoms with Crippen molar-refractivity contribution >= 4 is 5.91 Å². The van der Waals surface area contributed by atoms with Crippen LogP contribution in [0.25, 0.3) is 0 Å². The molecular weight excluding hydrogens is 242 g/mol. The highest BCUT2D eigenvalue weighted by Crippen LogP contribution is 2.40. The summed E-state index contributed by atoms with van der Waals surface area (Å²) in [7, 11) is 3.75. The normalized spacial score (nSPS) is 18.8. The number of primary amides is 1. The van der Waals surface area contributed by atoms with Gasteiger partial charge in [0.1, 0.15) is 5.54 Å². The molecule has 0 aliphatic heterocycles. The molecule has 1 rings (SSSR count). The second-order valence-corrected chi connectivity index (χ2v) is 5.99. The van der Waals surface area contributed by atoms with Crippen molar-refractivity contribution in [1.82, 2.24) is 10.2 Å². The van der Waals surface area contributed by atoms with Gasteiger partial charge in [0.2, 0.25) is 5.91 Å². The monoisotopic (exact) mass is 271 g/mol. The van der Waals surface area contributed by atoms with Gasteiger partial charge < -0.3 is 15.4 Å². The number of amides is 1. The lowest BCUT2D eigenvalue weighted by atomic mass is 9.90. The van der Waals surface area contributed by atoms with Crippen molar-refractivity contribution in [2.24, 2.45) is 11.7 Å². The molecule has 1 saturated carbocycles. The average molecular weight is 271 g/mol. The Balaban J connectivity index is 2.64. The lowest BCUT2D eigenvalue weighted by molar-refractivity contribution is -0.126. The predicted molar refractivity (Wildman–Crippen MR) is 76.9 cm³/mol. The van der Waals surface area contributed by atoms with Crippen LogP contribution in [0.5, 0.6) is 0 Å². The third kappa shape index (κ3) is 4.75. The van der Waals surface area contributed by atoms with E-state index in [1.807, 2.05) is 7.05 Å². The van der Waals surface area contributed by atoms with Gasteiger partial charge in [-0.15, -0.1) is 0 Å². The van der Waals surface area contributed by atoms with Crippen LogP contribution in [-0.2, 0) is 9.53 Å². The topological polar surface area (TPSA) is 67.6 Å². The fraction of sp³-hybridized carbons (Fsp3) is 0.929. The first-order chi connectivity index (χ1) is 8.92. The second kappa shape index (κ2) is 7.22. The Kier molecular flexibility index (Phi) is 6.23. The van der Waals surface area contributed by atoms with E-state index in [0.29, 0.717) is 12.5 Å². The number of carbonyl (C=O) groups is 1. The highest BCUT2D eigenvalue weighted by atomic mass is 16.5. The first-order valence-electron chi connectivity index (χ1n) is 7.17. The maximum absolute atomic E-state index is 12.0. The summed E-state index contributed by atoms with van der Waals surface area (Å²) >= 11 is 0. The molecule has 0 bridgehead atoms. The van der Waals surface area contributed by atoms with Crippen molar-refractivity contribution in [2.75, 3.05) is 33.9 Å². The van der Waals surface area contributed by atoms with E-state index in [1.54, 1.807) is 7.11 Å².